The van der Waals surface area contributed by atoms with Crippen LogP contribution in [0.5, 0.6) is 0 Å². The van der Waals surface area contributed by atoms with E-state index in [1.165, 1.54) is 30.2 Å². The molecule has 2 aromatic heterocycles. The van der Waals surface area contributed by atoms with Crippen molar-refractivity contribution in [3.05, 3.63) is 66.4 Å². The van der Waals surface area contributed by atoms with Crippen molar-refractivity contribution in [2.45, 2.75) is 42.9 Å². The van der Waals surface area contributed by atoms with E-state index in [-0.39, 0.29) is 11.9 Å². The van der Waals surface area contributed by atoms with Crippen LogP contribution in [0.4, 0.5) is 0 Å². The first-order valence-electron chi connectivity index (χ1n) is 11.3. The number of thioether (sulfide) groups is 1. The lowest BCUT2D eigenvalue weighted by atomic mass is 10.0. The molecule has 2 aromatic carbocycles. The highest BCUT2D eigenvalue weighted by Gasteiger charge is 2.34. The topological polar surface area (TPSA) is 75.6 Å². The van der Waals surface area contributed by atoms with Crippen LogP contribution in [0.1, 0.15) is 43.3 Å². The van der Waals surface area contributed by atoms with Gasteiger partial charge in [-0.15, -0.1) is 10.2 Å². The maximum atomic E-state index is 12.8. The second-order valence-corrected chi connectivity index (χ2v) is 9.68. The van der Waals surface area contributed by atoms with Gasteiger partial charge in [0.2, 0.25) is 5.91 Å². The summed E-state index contributed by atoms with van der Waals surface area (Å²) >= 11 is 1.48. The highest BCUT2D eigenvalue weighted by atomic mass is 32.2. The van der Waals surface area contributed by atoms with Gasteiger partial charge < -0.3 is 10.3 Å². The second-order valence-electron chi connectivity index (χ2n) is 8.74. The Bertz CT molecular complexity index is 1260. The van der Waals surface area contributed by atoms with Gasteiger partial charge in [-0.05, 0) is 43.2 Å². The molecule has 0 aliphatic heterocycles. The number of nitrogens with zero attached hydrogens (tertiary/aromatic N) is 3. The van der Waals surface area contributed by atoms with Crippen molar-refractivity contribution in [3.8, 4) is 11.4 Å². The Labute approximate surface area is 190 Å². The molecular weight excluding hydrogens is 418 g/mol. The van der Waals surface area contributed by atoms with Crippen LogP contribution in [-0.4, -0.2) is 31.4 Å². The molecule has 2 heterocycles. The molecule has 0 radical (unpaired) electrons. The summed E-state index contributed by atoms with van der Waals surface area (Å²) in [6, 6.07) is 19.1. The molecule has 2 N–H and O–H groups in total. The van der Waals surface area contributed by atoms with E-state index in [4.69, 9.17) is 0 Å². The van der Waals surface area contributed by atoms with Gasteiger partial charge in [0.15, 0.2) is 11.0 Å². The standard InChI is InChI=1S/C25H25N5OS/c31-22(27-23(17-10-11-17)16-6-2-1-3-7-16)15-32-25-29-28-24(30(25)18-12-13-18)20-14-26-21-9-5-4-8-19(20)21/h1-9,14,17-18,23,26H,10-13,15H2,(H,27,31). The molecule has 6 rings (SSSR count). The molecule has 1 unspecified atom stereocenters. The molecule has 7 heteroatoms. The van der Waals surface area contributed by atoms with E-state index in [0.29, 0.717) is 17.7 Å². The third kappa shape index (κ3) is 3.81. The number of hydrogen-bond acceptors (Lipinski definition) is 4. The van der Waals surface area contributed by atoms with Gasteiger partial charge in [0, 0.05) is 28.7 Å². The van der Waals surface area contributed by atoms with E-state index < -0.39 is 0 Å². The Hall–Kier alpha value is -3.06. The minimum atomic E-state index is 0.0507. The predicted octanol–water partition coefficient (Wildman–Crippen LogP) is 5.12. The normalized spacial score (nSPS) is 16.9. The SMILES string of the molecule is O=C(CSc1nnc(-c2c[nH]c3ccccc23)n1C1CC1)NC(c1ccccc1)C1CC1. The number of fused-ring (bicyclic) bond motifs is 1. The van der Waals surface area contributed by atoms with Gasteiger partial charge >= 0.3 is 0 Å². The van der Waals surface area contributed by atoms with Crippen molar-refractivity contribution in [1.29, 1.82) is 0 Å². The van der Waals surface area contributed by atoms with Crippen LogP contribution in [0, 0.1) is 5.92 Å². The summed E-state index contributed by atoms with van der Waals surface area (Å²) < 4.78 is 2.23. The van der Waals surface area contributed by atoms with Gasteiger partial charge in [0.25, 0.3) is 0 Å². The van der Waals surface area contributed by atoms with Crippen LogP contribution in [0.3, 0.4) is 0 Å². The van der Waals surface area contributed by atoms with Crippen LogP contribution in [0.25, 0.3) is 22.3 Å². The zero-order chi connectivity index (χ0) is 21.5. The summed E-state index contributed by atoms with van der Waals surface area (Å²) in [5.74, 6) is 1.83. The Morgan fingerprint density at radius 1 is 1.06 bits per heavy atom. The quantitative estimate of drug-likeness (QED) is 0.371. The molecule has 1 amide bonds. The highest BCUT2D eigenvalue weighted by molar-refractivity contribution is 7.99. The van der Waals surface area contributed by atoms with Crippen molar-refractivity contribution in [3.63, 3.8) is 0 Å². The van der Waals surface area contributed by atoms with Crippen molar-refractivity contribution in [1.82, 2.24) is 25.1 Å². The number of benzene rings is 2. The summed E-state index contributed by atoms with van der Waals surface area (Å²) in [5, 5.41) is 14.2. The predicted molar refractivity (Wildman–Crippen MR) is 126 cm³/mol. The van der Waals surface area contributed by atoms with Crippen LogP contribution in [0.15, 0.2) is 66.0 Å². The molecule has 0 spiro atoms. The van der Waals surface area contributed by atoms with Gasteiger partial charge in [0.1, 0.15) is 0 Å². The van der Waals surface area contributed by atoms with Gasteiger partial charge in [-0.1, -0.05) is 60.3 Å². The maximum absolute atomic E-state index is 12.8. The number of para-hydroxylation sites is 1. The largest absolute Gasteiger partial charge is 0.360 e. The van der Waals surface area contributed by atoms with Gasteiger partial charge in [-0.2, -0.15) is 0 Å². The average molecular weight is 444 g/mol. The van der Waals surface area contributed by atoms with E-state index in [1.807, 2.05) is 36.5 Å². The summed E-state index contributed by atoms with van der Waals surface area (Å²) in [6.07, 6.45) is 6.62. The number of carbonyl (C=O) groups excluding carboxylic acids is 1. The fourth-order valence-electron chi connectivity index (χ4n) is 4.39. The third-order valence-electron chi connectivity index (χ3n) is 6.31. The minimum absolute atomic E-state index is 0.0507. The molecule has 6 nitrogen and oxygen atoms in total. The number of nitrogens with one attached hydrogen (secondary N) is 2. The molecule has 2 fully saturated rings. The second kappa shape index (κ2) is 8.13. The molecular formula is C25H25N5OS. The number of amides is 1. The number of H-pyrrole nitrogens is 1. The molecule has 0 bridgehead atoms. The Morgan fingerprint density at radius 2 is 1.84 bits per heavy atom. The van der Waals surface area contributed by atoms with Crippen LogP contribution < -0.4 is 5.32 Å². The molecule has 32 heavy (non-hydrogen) atoms. The van der Waals surface area contributed by atoms with Crippen molar-refractivity contribution in [2.24, 2.45) is 5.92 Å². The Morgan fingerprint density at radius 3 is 2.62 bits per heavy atom. The molecule has 1 atom stereocenters. The van der Waals surface area contributed by atoms with E-state index in [0.717, 1.165) is 40.3 Å². The van der Waals surface area contributed by atoms with Gasteiger partial charge in [-0.25, -0.2) is 0 Å². The number of aromatic nitrogens is 4. The van der Waals surface area contributed by atoms with Crippen molar-refractivity contribution < 1.29 is 4.79 Å². The molecule has 2 saturated carbocycles. The Balaban J connectivity index is 1.20. The number of aromatic amines is 1. The smallest absolute Gasteiger partial charge is 0.230 e. The lowest BCUT2D eigenvalue weighted by molar-refractivity contribution is -0.119. The van der Waals surface area contributed by atoms with E-state index in [1.54, 1.807) is 0 Å². The van der Waals surface area contributed by atoms with Gasteiger partial charge in [-0.3, -0.25) is 9.36 Å². The summed E-state index contributed by atoms with van der Waals surface area (Å²) in [5.41, 5.74) is 3.35. The molecule has 0 saturated heterocycles. The minimum Gasteiger partial charge on any atom is -0.360 e. The van der Waals surface area contributed by atoms with Crippen molar-refractivity contribution in [2.75, 3.05) is 5.75 Å². The first-order valence-corrected chi connectivity index (χ1v) is 12.2. The lowest BCUT2D eigenvalue weighted by Crippen LogP contribution is -2.31. The maximum Gasteiger partial charge on any atom is 0.230 e. The molecule has 2 aliphatic carbocycles. The fourth-order valence-corrected chi connectivity index (χ4v) is 5.20. The summed E-state index contributed by atoms with van der Waals surface area (Å²) in [7, 11) is 0. The van der Waals surface area contributed by atoms with E-state index in [2.05, 4.69) is 49.3 Å². The van der Waals surface area contributed by atoms with Crippen LogP contribution in [-0.2, 0) is 4.79 Å². The molecule has 4 aromatic rings. The highest BCUT2D eigenvalue weighted by Crippen LogP contribution is 2.43. The number of carbonyl (C=O) groups is 1. The number of rotatable bonds is 8. The molecule has 2 aliphatic rings. The lowest BCUT2D eigenvalue weighted by Gasteiger charge is -2.18. The first-order chi connectivity index (χ1) is 15.8. The third-order valence-corrected chi connectivity index (χ3v) is 7.25. The average Bonchev–Trinajstić information content (AvgIpc) is 3.76. The zero-order valence-electron chi connectivity index (χ0n) is 17.7. The van der Waals surface area contributed by atoms with Crippen LogP contribution in [0.2, 0.25) is 0 Å². The van der Waals surface area contributed by atoms with E-state index >= 15 is 0 Å². The van der Waals surface area contributed by atoms with Crippen molar-refractivity contribution >= 4 is 28.6 Å². The van der Waals surface area contributed by atoms with Crippen LogP contribution >= 0.6 is 11.8 Å². The first kappa shape index (κ1) is 19.6. The fraction of sp³-hybridized carbons (Fsp3) is 0.320. The zero-order valence-corrected chi connectivity index (χ0v) is 18.5. The van der Waals surface area contributed by atoms with E-state index in [9.17, 15) is 4.79 Å². The number of hydrogen-bond donors (Lipinski definition) is 2. The monoisotopic (exact) mass is 443 g/mol. The Kier molecular flexibility index (Phi) is 4.98. The summed E-state index contributed by atoms with van der Waals surface area (Å²) in [6.45, 7) is 0. The summed E-state index contributed by atoms with van der Waals surface area (Å²) in [4.78, 5) is 16.2. The molecule has 162 valence electrons. The van der Waals surface area contributed by atoms with Gasteiger partial charge in [0.05, 0.1) is 11.8 Å².